The Hall–Kier alpha value is -1.62. The van der Waals surface area contributed by atoms with Crippen LogP contribution in [0.4, 0.5) is 5.69 Å². The second-order valence-corrected chi connectivity index (χ2v) is 6.21. The first-order valence-electron chi connectivity index (χ1n) is 7.08. The zero-order valence-electron chi connectivity index (χ0n) is 12.6. The van der Waals surface area contributed by atoms with Crippen LogP contribution in [0.2, 0.25) is 0 Å². The zero-order chi connectivity index (χ0) is 14.8. The van der Waals surface area contributed by atoms with E-state index in [4.69, 9.17) is 5.73 Å². The number of nitrogens with two attached hydrogens (primary N) is 1. The van der Waals surface area contributed by atoms with Crippen LogP contribution < -0.4 is 11.1 Å². The first-order valence-corrected chi connectivity index (χ1v) is 7.08. The number of pyridine rings is 1. The van der Waals surface area contributed by atoms with Crippen molar-refractivity contribution >= 4 is 11.6 Å². The maximum atomic E-state index is 12.2. The zero-order valence-corrected chi connectivity index (χ0v) is 12.6. The molecule has 1 amide bonds. The molecule has 0 radical (unpaired) electrons. The molecule has 2 rings (SSSR count). The highest BCUT2D eigenvalue weighted by Gasteiger charge is 2.29. The van der Waals surface area contributed by atoms with Crippen molar-refractivity contribution in [3.8, 4) is 0 Å². The van der Waals surface area contributed by atoms with Crippen LogP contribution >= 0.6 is 0 Å². The van der Waals surface area contributed by atoms with Crippen LogP contribution in [0.1, 0.15) is 35.8 Å². The normalized spacial score (nSPS) is 18.8. The first-order chi connectivity index (χ1) is 9.39. The van der Waals surface area contributed by atoms with Crippen molar-refractivity contribution in [2.75, 3.05) is 32.4 Å². The Morgan fingerprint density at radius 2 is 2.15 bits per heavy atom. The maximum Gasteiger partial charge on any atom is 0.254 e. The van der Waals surface area contributed by atoms with Gasteiger partial charge in [-0.25, -0.2) is 0 Å². The van der Waals surface area contributed by atoms with E-state index in [9.17, 15) is 4.79 Å². The van der Waals surface area contributed by atoms with E-state index in [0.717, 1.165) is 31.6 Å². The Morgan fingerprint density at radius 1 is 1.50 bits per heavy atom. The molecular formula is C15H24N4O. The predicted molar refractivity (Wildman–Crippen MR) is 80.6 cm³/mol. The van der Waals surface area contributed by atoms with Crippen LogP contribution in [-0.2, 0) is 0 Å². The summed E-state index contributed by atoms with van der Waals surface area (Å²) in [4.78, 5) is 18.6. The Kier molecular flexibility index (Phi) is 4.28. The van der Waals surface area contributed by atoms with Crippen LogP contribution in [0.25, 0.3) is 0 Å². The number of anilines is 1. The van der Waals surface area contributed by atoms with Crippen molar-refractivity contribution in [2.24, 2.45) is 5.41 Å². The Bertz CT molecular complexity index is 493. The van der Waals surface area contributed by atoms with E-state index in [2.05, 4.69) is 29.2 Å². The molecule has 1 aromatic heterocycles. The highest BCUT2D eigenvalue weighted by Crippen LogP contribution is 2.29. The second kappa shape index (κ2) is 5.79. The van der Waals surface area contributed by atoms with Gasteiger partial charge in [0.05, 0.1) is 5.56 Å². The molecule has 1 fully saturated rings. The van der Waals surface area contributed by atoms with E-state index in [-0.39, 0.29) is 11.3 Å². The van der Waals surface area contributed by atoms with Gasteiger partial charge >= 0.3 is 0 Å². The molecule has 0 saturated carbocycles. The molecule has 1 saturated heterocycles. The van der Waals surface area contributed by atoms with E-state index >= 15 is 0 Å². The Balaban J connectivity index is 1.95. The maximum absolute atomic E-state index is 12.2. The van der Waals surface area contributed by atoms with E-state index in [0.29, 0.717) is 17.8 Å². The first kappa shape index (κ1) is 14.8. The van der Waals surface area contributed by atoms with E-state index in [1.165, 1.54) is 0 Å². The summed E-state index contributed by atoms with van der Waals surface area (Å²) in [7, 11) is 2.14. The number of nitrogen functional groups attached to an aromatic ring is 1. The van der Waals surface area contributed by atoms with Gasteiger partial charge in [0.15, 0.2) is 0 Å². The van der Waals surface area contributed by atoms with E-state index in [1.54, 1.807) is 12.3 Å². The van der Waals surface area contributed by atoms with E-state index < -0.39 is 0 Å². The van der Waals surface area contributed by atoms with Gasteiger partial charge in [0.25, 0.3) is 5.91 Å². The summed E-state index contributed by atoms with van der Waals surface area (Å²) in [5.41, 5.74) is 7.83. The monoisotopic (exact) mass is 276 g/mol. The lowest BCUT2D eigenvalue weighted by atomic mass is 9.80. The molecule has 110 valence electrons. The SMILES string of the molecule is Cc1cc(N)c(C(=O)NCC2(C)CCN(C)CC2)cn1. The Labute approximate surface area is 120 Å². The van der Waals surface area contributed by atoms with Crippen molar-refractivity contribution < 1.29 is 4.79 Å². The fourth-order valence-electron chi connectivity index (χ4n) is 2.49. The molecule has 1 aliphatic rings. The molecule has 0 aliphatic carbocycles. The molecule has 2 heterocycles. The summed E-state index contributed by atoms with van der Waals surface area (Å²) in [5, 5.41) is 3.01. The molecule has 0 spiro atoms. The summed E-state index contributed by atoms with van der Waals surface area (Å²) in [6, 6.07) is 1.73. The molecule has 0 aromatic carbocycles. The van der Waals surface area contributed by atoms with Gasteiger partial charge in [-0.05, 0) is 51.4 Å². The smallest absolute Gasteiger partial charge is 0.254 e. The van der Waals surface area contributed by atoms with Crippen LogP contribution in [-0.4, -0.2) is 42.5 Å². The lowest BCUT2D eigenvalue weighted by Gasteiger charge is -2.37. The van der Waals surface area contributed by atoms with Gasteiger partial charge in [0, 0.05) is 24.1 Å². The van der Waals surface area contributed by atoms with Crippen LogP contribution in [0.3, 0.4) is 0 Å². The fraction of sp³-hybridized carbons (Fsp3) is 0.600. The number of hydrogen-bond acceptors (Lipinski definition) is 4. The number of aryl methyl sites for hydroxylation is 1. The average Bonchev–Trinajstić information content (AvgIpc) is 2.40. The number of carbonyl (C=O) groups is 1. The number of nitrogens with zero attached hydrogens (tertiary/aromatic N) is 2. The molecule has 5 heteroatoms. The average molecular weight is 276 g/mol. The number of carbonyl (C=O) groups excluding carboxylic acids is 1. The molecule has 1 aromatic rings. The number of nitrogens with one attached hydrogen (secondary N) is 1. The fourth-order valence-corrected chi connectivity index (χ4v) is 2.49. The minimum atomic E-state index is -0.129. The number of amides is 1. The molecule has 0 bridgehead atoms. The number of rotatable bonds is 3. The third kappa shape index (κ3) is 3.48. The summed E-state index contributed by atoms with van der Waals surface area (Å²) < 4.78 is 0. The third-order valence-electron chi connectivity index (χ3n) is 4.19. The van der Waals surface area contributed by atoms with Crippen LogP contribution in [0.15, 0.2) is 12.3 Å². The van der Waals surface area contributed by atoms with Gasteiger partial charge in [-0.3, -0.25) is 9.78 Å². The molecule has 0 atom stereocenters. The third-order valence-corrected chi connectivity index (χ3v) is 4.19. The summed E-state index contributed by atoms with van der Waals surface area (Å²) in [6.45, 7) is 6.95. The van der Waals surface area contributed by atoms with Crippen molar-refractivity contribution in [1.29, 1.82) is 0 Å². The van der Waals surface area contributed by atoms with Crippen molar-refractivity contribution in [3.63, 3.8) is 0 Å². The standard InChI is InChI=1S/C15H24N4O/c1-11-8-13(16)12(9-17-11)14(20)18-10-15(2)4-6-19(3)7-5-15/h8-9H,4-7,10H2,1-3H3,(H2,16,17)(H,18,20). The number of piperidine rings is 1. The summed E-state index contributed by atoms with van der Waals surface area (Å²) >= 11 is 0. The summed E-state index contributed by atoms with van der Waals surface area (Å²) in [6.07, 6.45) is 3.76. The minimum Gasteiger partial charge on any atom is -0.398 e. The van der Waals surface area contributed by atoms with Crippen molar-refractivity contribution in [1.82, 2.24) is 15.2 Å². The number of aromatic nitrogens is 1. The molecule has 1 aliphatic heterocycles. The molecule has 5 nitrogen and oxygen atoms in total. The van der Waals surface area contributed by atoms with Crippen LogP contribution in [0.5, 0.6) is 0 Å². The second-order valence-electron chi connectivity index (χ2n) is 6.21. The van der Waals surface area contributed by atoms with Crippen molar-refractivity contribution in [2.45, 2.75) is 26.7 Å². The number of hydrogen-bond donors (Lipinski definition) is 2. The molecule has 0 unspecified atom stereocenters. The highest BCUT2D eigenvalue weighted by atomic mass is 16.1. The topological polar surface area (TPSA) is 71.2 Å². The minimum absolute atomic E-state index is 0.129. The van der Waals surface area contributed by atoms with Gasteiger partial charge < -0.3 is 16.0 Å². The largest absolute Gasteiger partial charge is 0.398 e. The lowest BCUT2D eigenvalue weighted by Crippen LogP contribution is -2.43. The van der Waals surface area contributed by atoms with Gasteiger partial charge in [-0.1, -0.05) is 6.92 Å². The Morgan fingerprint density at radius 3 is 2.75 bits per heavy atom. The molecular weight excluding hydrogens is 252 g/mol. The van der Waals surface area contributed by atoms with Gasteiger partial charge in [-0.15, -0.1) is 0 Å². The molecule has 20 heavy (non-hydrogen) atoms. The molecule has 3 N–H and O–H groups in total. The summed E-state index contributed by atoms with van der Waals surface area (Å²) in [5.74, 6) is -0.129. The van der Waals surface area contributed by atoms with Gasteiger partial charge in [0.2, 0.25) is 0 Å². The van der Waals surface area contributed by atoms with Gasteiger partial charge in [-0.2, -0.15) is 0 Å². The van der Waals surface area contributed by atoms with Gasteiger partial charge in [0.1, 0.15) is 0 Å². The van der Waals surface area contributed by atoms with Crippen molar-refractivity contribution in [3.05, 3.63) is 23.5 Å². The lowest BCUT2D eigenvalue weighted by molar-refractivity contribution is 0.0892. The highest BCUT2D eigenvalue weighted by molar-refractivity contribution is 5.98. The van der Waals surface area contributed by atoms with Crippen LogP contribution in [0, 0.1) is 12.3 Å². The predicted octanol–water partition coefficient (Wildman–Crippen LogP) is 1.43. The van der Waals surface area contributed by atoms with E-state index in [1.807, 2.05) is 6.92 Å². The quantitative estimate of drug-likeness (QED) is 0.876. The number of likely N-dealkylation sites (tertiary alicyclic amines) is 1.